The topological polar surface area (TPSA) is 69.3 Å². The lowest BCUT2D eigenvalue weighted by molar-refractivity contribution is -0.122. The van der Waals surface area contributed by atoms with Crippen molar-refractivity contribution < 1.29 is 4.79 Å². The van der Waals surface area contributed by atoms with Gasteiger partial charge in [0, 0.05) is 31.7 Å². The molecule has 0 saturated carbocycles. The quantitative estimate of drug-likeness (QED) is 0.349. The van der Waals surface area contributed by atoms with E-state index in [1.54, 1.807) is 9.47 Å². The van der Waals surface area contributed by atoms with E-state index in [0.717, 1.165) is 62.1 Å². The van der Waals surface area contributed by atoms with Crippen molar-refractivity contribution in [3.05, 3.63) is 67.8 Å². The molecule has 0 radical (unpaired) electrons. The van der Waals surface area contributed by atoms with Gasteiger partial charge in [0.2, 0.25) is 0 Å². The number of amides is 1. The molecule has 2 fully saturated rings. The smallest absolute Gasteiger partial charge is 0.270 e. The van der Waals surface area contributed by atoms with Gasteiger partial charge in [-0.1, -0.05) is 67.7 Å². The minimum atomic E-state index is -0.239. The molecule has 4 rings (SSSR count). The van der Waals surface area contributed by atoms with E-state index in [-0.39, 0.29) is 17.0 Å². The number of anilines is 1. The third kappa shape index (κ3) is 5.42. The third-order valence-corrected chi connectivity index (χ3v) is 8.23. The standard InChI is InChI=1S/C28H32N4O2S2/c1-3-4-16-31-25(30-14-9-6-10-15-30)22(20(2)23(19-29)26(31)33)18-24-27(34)32(28(35)36-24)17-13-21-11-7-5-8-12-21/h5,7-8,11-12,18H,3-4,6,9-10,13-17H2,1-2H3. The summed E-state index contributed by atoms with van der Waals surface area (Å²) in [6.45, 7) is 6.69. The summed E-state index contributed by atoms with van der Waals surface area (Å²) in [6.07, 6.45) is 7.65. The Morgan fingerprint density at radius 1 is 1.11 bits per heavy atom. The molecule has 36 heavy (non-hydrogen) atoms. The molecule has 1 amide bonds. The van der Waals surface area contributed by atoms with Crippen molar-refractivity contribution in [1.82, 2.24) is 9.47 Å². The zero-order valence-electron chi connectivity index (χ0n) is 21.0. The fourth-order valence-electron chi connectivity index (χ4n) is 4.82. The van der Waals surface area contributed by atoms with Gasteiger partial charge in [0.1, 0.15) is 21.8 Å². The maximum absolute atomic E-state index is 13.4. The minimum absolute atomic E-state index is 0.116. The molecule has 0 N–H and O–H groups in total. The predicted molar refractivity (Wildman–Crippen MR) is 151 cm³/mol. The zero-order valence-corrected chi connectivity index (χ0v) is 22.6. The molecule has 0 unspecified atom stereocenters. The molecule has 2 aromatic rings. The third-order valence-electron chi connectivity index (χ3n) is 6.85. The number of rotatable bonds is 8. The first-order valence-electron chi connectivity index (χ1n) is 12.7. The van der Waals surface area contributed by atoms with Crippen LogP contribution in [-0.2, 0) is 17.8 Å². The fraction of sp³-hybridized carbons (Fsp3) is 0.429. The normalized spacial score (nSPS) is 17.2. The van der Waals surface area contributed by atoms with E-state index >= 15 is 0 Å². The molecule has 0 atom stereocenters. The van der Waals surface area contributed by atoms with Crippen molar-refractivity contribution >= 4 is 46.1 Å². The van der Waals surface area contributed by atoms with Crippen molar-refractivity contribution in [2.45, 2.75) is 58.9 Å². The average molecular weight is 521 g/mol. The Balaban J connectivity index is 1.76. The van der Waals surface area contributed by atoms with Crippen molar-refractivity contribution in [2.24, 2.45) is 0 Å². The first kappa shape index (κ1) is 26.2. The number of hydrogen-bond acceptors (Lipinski definition) is 6. The van der Waals surface area contributed by atoms with Crippen molar-refractivity contribution in [3.8, 4) is 6.07 Å². The second-order valence-electron chi connectivity index (χ2n) is 9.28. The van der Waals surface area contributed by atoms with E-state index in [1.807, 2.05) is 43.3 Å². The highest BCUT2D eigenvalue weighted by molar-refractivity contribution is 8.26. The van der Waals surface area contributed by atoms with Crippen LogP contribution < -0.4 is 10.5 Å². The molecule has 2 aliphatic rings. The van der Waals surface area contributed by atoms with Gasteiger partial charge in [0.05, 0.1) is 4.91 Å². The van der Waals surface area contributed by atoms with Gasteiger partial charge in [-0.2, -0.15) is 5.26 Å². The molecule has 0 bridgehead atoms. The van der Waals surface area contributed by atoms with Crippen molar-refractivity contribution in [3.63, 3.8) is 0 Å². The Morgan fingerprint density at radius 3 is 2.50 bits per heavy atom. The highest BCUT2D eigenvalue weighted by Gasteiger charge is 2.33. The van der Waals surface area contributed by atoms with Crippen molar-refractivity contribution in [1.29, 1.82) is 5.26 Å². The van der Waals surface area contributed by atoms with Gasteiger partial charge in [-0.3, -0.25) is 19.1 Å². The summed E-state index contributed by atoms with van der Waals surface area (Å²) in [6, 6.07) is 12.2. The summed E-state index contributed by atoms with van der Waals surface area (Å²) in [5.41, 5.74) is 2.48. The fourth-order valence-corrected chi connectivity index (χ4v) is 6.11. The van der Waals surface area contributed by atoms with E-state index < -0.39 is 0 Å². The molecule has 1 aromatic carbocycles. The maximum atomic E-state index is 13.4. The average Bonchev–Trinajstić information content (AvgIpc) is 3.16. The van der Waals surface area contributed by atoms with E-state index in [2.05, 4.69) is 17.9 Å². The van der Waals surface area contributed by atoms with Gasteiger partial charge in [0.25, 0.3) is 11.5 Å². The van der Waals surface area contributed by atoms with Crippen LogP contribution in [0.2, 0.25) is 0 Å². The number of hydrogen-bond donors (Lipinski definition) is 0. The van der Waals surface area contributed by atoms with E-state index in [1.165, 1.54) is 18.2 Å². The summed E-state index contributed by atoms with van der Waals surface area (Å²) in [4.78, 5) is 31.2. The summed E-state index contributed by atoms with van der Waals surface area (Å²) in [5, 5.41) is 9.85. The first-order valence-corrected chi connectivity index (χ1v) is 13.9. The lowest BCUT2D eigenvalue weighted by Gasteiger charge is -2.33. The number of thioether (sulfide) groups is 1. The summed E-state index contributed by atoms with van der Waals surface area (Å²) in [5.74, 6) is 0.717. The zero-order chi connectivity index (χ0) is 25.7. The monoisotopic (exact) mass is 520 g/mol. The number of carbonyl (C=O) groups is 1. The van der Waals surface area contributed by atoms with Crippen LogP contribution in [0.4, 0.5) is 5.82 Å². The van der Waals surface area contributed by atoms with Crippen LogP contribution in [0.3, 0.4) is 0 Å². The molecule has 0 aliphatic carbocycles. The highest BCUT2D eigenvalue weighted by Crippen LogP contribution is 2.36. The van der Waals surface area contributed by atoms with Crippen LogP contribution in [0.1, 0.15) is 61.3 Å². The molecule has 2 saturated heterocycles. The second kappa shape index (κ2) is 11.9. The Hall–Kier alpha value is -2.89. The molecule has 3 heterocycles. The molecular weight excluding hydrogens is 488 g/mol. The van der Waals surface area contributed by atoms with Crippen LogP contribution >= 0.6 is 24.0 Å². The van der Waals surface area contributed by atoms with E-state index in [4.69, 9.17) is 12.2 Å². The largest absolute Gasteiger partial charge is 0.357 e. The molecular formula is C28H32N4O2S2. The van der Waals surface area contributed by atoms with Gasteiger partial charge in [-0.25, -0.2) is 0 Å². The summed E-state index contributed by atoms with van der Waals surface area (Å²) >= 11 is 6.88. The number of benzene rings is 1. The molecule has 0 spiro atoms. The number of piperidine rings is 1. The first-order chi connectivity index (χ1) is 17.5. The SMILES string of the molecule is CCCCn1c(N2CCCCC2)c(C=C2SC(=S)N(CCc3ccccc3)C2=O)c(C)c(C#N)c1=O. The summed E-state index contributed by atoms with van der Waals surface area (Å²) < 4.78 is 2.31. The Morgan fingerprint density at radius 2 is 1.83 bits per heavy atom. The van der Waals surface area contributed by atoms with Gasteiger partial charge in [0.15, 0.2) is 0 Å². The van der Waals surface area contributed by atoms with Crippen LogP contribution in [-0.4, -0.2) is 39.3 Å². The van der Waals surface area contributed by atoms with Gasteiger partial charge in [-0.05, 0) is 56.2 Å². The Bertz CT molecular complexity index is 1270. The lowest BCUT2D eigenvalue weighted by atomic mass is 10.0. The Kier molecular flexibility index (Phi) is 8.65. The number of unbranched alkanes of at least 4 members (excludes halogenated alkanes) is 1. The number of carbonyl (C=O) groups excluding carboxylic acids is 1. The number of thiocarbonyl (C=S) groups is 1. The number of nitriles is 1. The maximum Gasteiger partial charge on any atom is 0.270 e. The lowest BCUT2D eigenvalue weighted by Crippen LogP contribution is -2.37. The van der Waals surface area contributed by atoms with E-state index in [0.29, 0.717) is 27.9 Å². The van der Waals surface area contributed by atoms with Crippen LogP contribution in [0.25, 0.3) is 6.08 Å². The second-order valence-corrected chi connectivity index (χ2v) is 11.0. The minimum Gasteiger partial charge on any atom is -0.357 e. The molecule has 188 valence electrons. The molecule has 1 aromatic heterocycles. The Labute approximate surface area is 222 Å². The van der Waals surface area contributed by atoms with Gasteiger partial charge in [-0.15, -0.1) is 0 Å². The van der Waals surface area contributed by atoms with E-state index in [9.17, 15) is 14.9 Å². The molecule has 8 heteroatoms. The number of pyridine rings is 1. The molecule has 6 nitrogen and oxygen atoms in total. The molecule has 2 aliphatic heterocycles. The van der Waals surface area contributed by atoms with Gasteiger partial charge < -0.3 is 4.90 Å². The van der Waals surface area contributed by atoms with Gasteiger partial charge >= 0.3 is 0 Å². The number of nitrogens with zero attached hydrogens (tertiary/aromatic N) is 4. The van der Waals surface area contributed by atoms with Crippen molar-refractivity contribution in [2.75, 3.05) is 24.5 Å². The predicted octanol–water partition coefficient (Wildman–Crippen LogP) is 5.26. The highest BCUT2D eigenvalue weighted by atomic mass is 32.2. The van der Waals surface area contributed by atoms with Crippen LogP contribution in [0.5, 0.6) is 0 Å². The van der Waals surface area contributed by atoms with Crippen LogP contribution in [0, 0.1) is 18.3 Å². The van der Waals surface area contributed by atoms with Crippen LogP contribution in [0.15, 0.2) is 40.0 Å². The summed E-state index contributed by atoms with van der Waals surface area (Å²) in [7, 11) is 0. The number of aromatic nitrogens is 1.